The first-order valence-corrected chi connectivity index (χ1v) is 4.78. The second-order valence-corrected chi connectivity index (χ2v) is 3.16. The molecule has 92 valence electrons. The number of carbonyl (C=O) groups is 1. The second kappa shape index (κ2) is 5.69. The van der Waals surface area contributed by atoms with Crippen LogP contribution in [-0.4, -0.2) is 24.5 Å². The fourth-order valence-electron chi connectivity index (χ4n) is 1.15. The summed E-state index contributed by atoms with van der Waals surface area (Å²) in [7, 11) is 1.42. The number of benzene rings is 1. The van der Waals surface area contributed by atoms with E-state index in [-0.39, 0.29) is 24.5 Å². The Hall–Kier alpha value is -2.31. The van der Waals surface area contributed by atoms with Gasteiger partial charge in [0.2, 0.25) is 5.91 Å². The number of rotatable bonds is 6. The molecule has 0 saturated heterocycles. The minimum atomic E-state index is -0.541. The molecule has 0 heterocycles. The van der Waals surface area contributed by atoms with Crippen LogP contribution in [0.5, 0.6) is 11.5 Å². The van der Waals surface area contributed by atoms with E-state index in [0.29, 0.717) is 5.75 Å². The first-order chi connectivity index (χ1) is 8.04. The molecule has 0 radical (unpaired) electrons. The fourth-order valence-corrected chi connectivity index (χ4v) is 1.15. The van der Waals surface area contributed by atoms with Crippen molar-refractivity contribution in [1.82, 2.24) is 0 Å². The van der Waals surface area contributed by atoms with Crippen LogP contribution in [0.25, 0.3) is 0 Å². The number of nitrogens with two attached hydrogens (primary N) is 1. The van der Waals surface area contributed by atoms with E-state index < -0.39 is 10.8 Å². The van der Waals surface area contributed by atoms with Gasteiger partial charge in [-0.15, -0.1) is 0 Å². The first-order valence-electron chi connectivity index (χ1n) is 4.78. The monoisotopic (exact) mass is 240 g/mol. The van der Waals surface area contributed by atoms with Crippen molar-refractivity contribution in [1.29, 1.82) is 0 Å². The van der Waals surface area contributed by atoms with Crippen LogP contribution in [-0.2, 0) is 4.79 Å². The molecule has 0 fully saturated rings. The normalized spacial score (nSPS) is 9.71. The third-order valence-electron chi connectivity index (χ3n) is 1.96. The van der Waals surface area contributed by atoms with Gasteiger partial charge in [-0.05, 0) is 6.07 Å². The van der Waals surface area contributed by atoms with Gasteiger partial charge in [-0.2, -0.15) is 0 Å². The largest absolute Gasteiger partial charge is 0.493 e. The van der Waals surface area contributed by atoms with Crippen LogP contribution in [0.15, 0.2) is 18.2 Å². The average Bonchev–Trinajstić information content (AvgIpc) is 2.28. The number of hydrogen-bond donors (Lipinski definition) is 1. The van der Waals surface area contributed by atoms with Crippen LogP contribution in [0.3, 0.4) is 0 Å². The number of carbonyl (C=O) groups excluding carboxylic acids is 1. The summed E-state index contributed by atoms with van der Waals surface area (Å²) in [6, 6.07) is 3.97. The average molecular weight is 240 g/mol. The van der Waals surface area contributed by atoms with E-state index in [2.05, 4.69) is 0 Å². The molecule has 7 heteroatoms. The number of nitro groups is 1. The molecule has 1 amide bonds. The van der Waals surface area contributed by atoms with Gasteiger partial charge in [0.05, 0.1) is 31.1 Å². The highest BCUT2D eigenvalue weighted by Crippen LogP contribution is 2.31. The lowest BCUT2D eigenvalue weighted by atomic mass is 10.3. The van der Waals surface area contributed by atoms with E-state index in [9.17, 15) is 14.9 Å². The predicted molar refractivity (Wildman–Crippen MR) is 59.0 cm³/mol. The van der Waals surface area contributed by atoms with Crippen LogP contribution in [0.2, 0.25) is 0 Å². The Bertz CT molecular complexity index is 433. The second-order valence-electron chi connectivity index (χ2n) is 3.16. The SMILES string of the molecule is COc1ccc([N+](=O)[O-])cc1OCCC(N)=O. The maximum atomic E-state index is 10.6. The zero-order valence-electron chi connectivity index (χ0n) is 9.21. The molecule has 0 aromatic heterocycles. The van der Waals surface area contributed by atoms with Crippen molar-refractivity contribution in [3.63, 3.8) is 0 Å². The third-order valence-corrected chi connectivity index (χ3v) is 1.96. The molecule has 0 spiro atoms. The Morgan fingerprint density at radius 3 is 2.71 bits per heavy atom. The molecular weight excluding hydrogens is 228 g/mol. The molecule has 0 aliphatic heterocycles. The molecule has 0 saturated carbocycles. The Labute approximate surface area is 97.3 Å². The fraction of sp³-hybridized carbons (Fsp3) is 0.300. The van der Waals surface area contributed by atoms with Gasteiger partial charge in [0.1, 0.15) is 0 Å². The number of ether oxygens (including phenoxy) is 2. The summed E-state index contributed by atoms with van der Waals surface area (Å²) >= 11 is 0. The van der Waals surface area contributed by atoms with Gasteiger partial charge in [-0.25, -0.2) is 0 Å². The number of primary amides is 1. The summed E-state index contributed by atoms with van der Waals surface area (Å²) in [5.74, 6) is 0.0671. The first kappa shape index (κ1) is 12.8. The zero-order chi connectivity index (χ0) is 12.8. The number of hydrogen-bond acceptors (Lipinski definition) is 5. The summed E-state index contributed by atoms with van der Waals surface area (Å²) in [6.07, 6.45) is 0.0336. The number of non-ortho nitro benzene ring substituents is 1. The van der Waals surface area contributed by atoms with Crippen LogP contribution in [0, 0.1) is 10.1 Å². The summed E-state index contributed by atoms with van der Waals surface area (Å²) in [5.41, 5.74) is 4.84. The number of nitro benzene ring substituents is 1. The molecule has 0 aliphatic carbocycles. The van der Waals surface area contributed by atoms with E-state index in [1.807, 2.05) is 0 Å². The molecule has 1 aromatic carbocycles. The van der Waals surface area contributed by atoms with Crippen LogP contribution < -0.4 is 15.2 Å². The summed E-state index contributed by atoms with van der Waals surface area (Å²) in [5, 5.41) is 10.6. The van der Waals surface area contributed by atoms with Crippen molar-refractivity contribution in [2.24, 2.45) is 5.73 Å². The Morgan fingerprint density at radius 1 is 1.47 bits per heavy atom. The smallest absolute Gasteiger partial charge is 0.273 e. The molecule has 1 aromatic rings. The lowest BCUT2D eigenvalue weighted by molar-refractivity contribution is -0.385. The molecule has 0 unspecified atom stereocenters. The maximum absolute atomic E-state index is 10.6. The summed E-state index contributed by atoms with van der Waals surface area (Å²) in [4.78, 5) is 20.6. The summed E-state index contributed by atoms with van der Waals surface area (Å²) < 4.78 is 10.2. The molecular formula is C10H12N2O5. The third kappa shape index (κ3) is 3.63. The van der Waals surface area contributed by atoms with Gasteiger partial charge in [0.15, 0.2) is 11.5 Å². The van der Waals surface area contributed by atoms with Crippen LogP contribution >= 0.6 is 0 Å². The van der Waals surface area contributed by atoms with Gasteiger partial charge in [0, 0.05) is 6.07 Å². The highest BCUT2D eigenvalue weighted by atomic mass is 16.6. The van der Waals surface area contributed by atoms with Gasteiger partial charge in [-0.1, -0.05) is 0 Å². The summed E-state index contributed by atoms with van der Waals surface area (Å²) in [6.45, 7) is 0.0485. The maximum Gasteiger partial charge on any atom is 0.273 e. The van der Waals surface area contributed by atoms with Crippen molar-refractivity contribution < 1.29 is 19.2 Å². The predicted octanol–water partition coefficient (Wildman–Crippen LogP) is 0.858. The van der Waals surface area contributed by atoms with Gasteiger partial charge >= 0.3 is 0 Å². The van der Waals surface area contributed by atoms with Crippen molar-refractivity contribution in [2.75, 3.05) is 13.7 Å². The Kier molecular flexibility index (Phi) is 4.27. The van der Waals surface area contributed by atoms with E-state index in [4.69, 9.17) is 15.2 Å². The van der Waals surface area contributed by atoms with E-state index in [0.717, 1.165) is 0 Å². The van der Waals surface area contributed by atoms with Crippen LogP contribution in [0.4, 0.5) is 5.69 Å². The lowest BCUT2D eigenvalue weighted by Crippen LogP contribution is -2.14. The minimum absolute atomic E-state index is 0.0336. The minimum Gasteiger partial charge on any atom is -0.493 e. The molecule has 0 aliphatic rings. The van der Waals surface area contributed by atoms with E-state index >= 15 is 0 Å². The molecule has 0 bridgehead atoms. The standard InChI is InChI=1S/C10H12N2O5/c1-16-8-3-2-7(12(14)15)6-9(8)17-5-4-10(11)13/h2-3,6H,4-5H2,1H3,(H2,11,13). The molecule has 2 N–H and O–H groups in total. The van der Waals surface area contributed by atoms with Crippen molar-refractivity contribution in [3.8, 4) is 11.5 Å². The van der Waals surface area contributed by atoms with Crippen molar-refractivity contribution >= 4 is 11.6 Å². The topological polar surface area (TPSA) is 105 Å². The van der Waals surface area contributed by atoms with Crippen molar-refractivity contribution in [3.05, 3.63) is 28.3 Å². The highest BCUT2D eigenvalue weighted by Gasteiger charge is 2.12. The van der Waals surface area contributed by atoms with Gasteiger partial charge < -0.3 is 15.2 Å². The number of methoxy groups -OCH3 is 1. The van der Waals surface area contributed by atoms with Gasteiger partial charge in [-0.3, -0.25) is 14.9 Å². The van der Waals surface area contributed by atoms with E-state index in [1.54, 1.807) is 0 Å². The quantitative estimate of drug-likeness (QED) is 0.586. The molecule has 0 atom stereocenters. The molecule has 7 nitrogen and oxygen atoms in total. The zero-order valence-corrected chi connectivity index (χ0v) is 9.21. The Morgan fingerprint density at radius 2 is 2.18 bits per heavy atom. The van der Waals surface area contributed by atoms with Gasteiger partial charge in [0.25, 0.3) is 5.69 Å². The Balaban J connectivity index is 2.82. The molecule has 17 heavy (non-hydrogen) atoms. The molecule has 1 rings (SSSR count). The van der Waals surface area contributed by atoms with E-state index in [1.165, 1.54) is 25.3 Å². The lowest BCUT2D eigenvalue weighted by Gasteiger charge is -2.09. The highest BCUT2D eigenvalue weighted by molar-refractivity contribution is 5.73. The van der Waals surface area contributed by atoms with Crippen LogP contribution in [0.1, 0.15) is 6.42 Å². The van der Waals surface area contributed by atoms with Crippen molar-refractivity contribution in [2.45, 2.75) is 6.42 Å². The number of amides is 1. The number of nitrogens with zero attached hydrogens (tertiary/aromatic N) is 1.